The second kappa shape index (κ2) is 13.4. The summed E-state index contributed by atoms with van der Waals surface area (Å²) in [5.41, 5.74) is 12.8. The van der Waals surface area contributed by atoms with Crippen LogP contribution in [0.2, 0.25) is 0 Å². The Bertz CT molecular complexity index is 1090. The summed E-state index contributed by atoms with van der Waals surface area (Å²) in [6, 6.07) is 12.0. The molecule has 0 spiro atoms. The lowest BCUT2D eigenvalue weighted by Gasteiger charge is -2.32. The lowest BCUT2D eigenvalue weighted by molar-refractivity contribution is -0.132. The maximum absolute atomic E-state index is 14.4. The first-order valence-corrected chi connectivity index (χ1v) is 14.2. The van der Waals surface area contributed by atoms with Gasteiger partial charge >= 0.3 is 7.60 Å². The lowest BCUT2D eigenvalue weighted by atomic mass is 10.1. The first-order chi connectivity index (χ1) is 18.1. The van der Waals surface area contributed by atoms with Crippen molar-refractivity contribution >= 4 is 36.7 Å². The minimum atomic E-state index is -4.02. The van der Waals surface area contributed by atoms with Crippen LogP contribution in [-0.2, 0) is 18.9 Å². The van der Waals surface area contributed by atoms with Crippen molar-refractivity contribution in [1.29, 1.82) is 0 Å². The molecule has 1 heterocycles. The largest absolute Gasteiger partial charge is 0.453 e. The minimum absolute atomic E-state index is 0.224. The molecule has 3 rings (SSSR count). The van der Waals surface area contributed by atoms with Crippen molar-refractivity contribution in [3.8, 4) is 11.5 Å². The fraction of sp³-hybridized carbons (Fsp3) is 0.423. The number of amides is 3. The molecule has 0 bridgehead atoms. The third-order valence-corrected chi connectivity index (χ3v) is 8.17. The Morgan fingerprint density at radius 1 is 0.947 bits per heavy atom. The van der Waals surface area contributed by atoms with Gasteiger partial charge in [-0.2, -0.15) is 0 Å². The average molecular weight is 546 g/mol. The molecule has 12 heteroatoms. The predicted octanol–water partition coefficient (Wildman–Crippen LogP) is 3.66. The molecule has 11 nitrogen and oxygen atoms in total. The Balaban J connectivity index is 1.87. The number of benzene rings is 2. The van der Waals surface area contributed by atoms with Crippen LogP contribution in [0.15, 0.2) is 48.5 Å². The van der Waals surface area contributed by atoms with Gasteiger partial charge in [0, 0.05) is 31.8 Å². The van der Waals surface area contributed by atoms with Gasteiger partial charge in [-0.15, -0.1) is 0 Å². The van der Waals surface area contributed by atoms with E-state index in [1.165, 1.54) is 18.7 Å². The summed E-state index contributed by atoms with van der Waals surface area (Å²) in [6.07, 6.45) is 2.98. The molecule has 1 aliphatic rings. The van der Waals surface area contributed by atoms with E-state index in [4.69, 9.17) is 20.5 Å². The normalized spacial score (nSPS) is 16.0. The van der Waals surface area contributed by atoms with E-state index in [1.54, 1.807) is 48.5 Å². The van der Waals surface area contributed by atoms with Gasteiger partial charge in [-0.3, -0.25) is 14.4 Å². The molecule has 0 aromatic heterocycles. The zero-order valence-electron chi connectivity index (χ0n) is 21.7. The van der Waals surface area contributed by atoms with Crippen molar-refractivity contribution in [2.24, 2.45) is 11.5 Å². The van der Waals surface area contributed by atoms with Gasteiger partial charge in [-0.25, -0.2) is 4.57 Å². The second-order valence-corrected chi connectivity index (χ2v) is 11.2. The number of carbonyl (C=O) groups excluding carboxylic acids is 3. The SMILES string of the molecule is CC(=O)Nc1ccc(OP(=O)(Oc2ccc(NC(C)=O)cc2)C2CCCN2C(=O)C(N)CCCCN)cc1. The molecule has 0 saturated carbocycles. The lowest BCUT2D eigenvalue weighted by Crippen LogP contribution is -2.46. The van der Waals surface area contributed by atoms with Crippen molar-refractivity contribution in [2.75, 3.05) is 23.7 Å². The number of nitrogens with zero attached hydrogens (tertiary/aromatic N) is 1. The van der Waals surface area contributed by atoms with Crippen LogP contribution in [0.25, 0.3) is 0 Å². The van der Waals surface area contributed by atoms with Crippen LogP contribution in [0, 0.1) is 0 Å². The smallest absolute Gasteiger partial charge is 0.415 e. The number of carbonyl (C=O) groups is 3. The first kappa shape index (κ1) is 29.2. The quantitative estimate of drug-likeness (QED) is 0.232. The zero-order valence-corrected chi connectivity index (χ0v) is 22.6. The number of rotatable bonds is 12. The number of likely N-dealkylation sites (tertiary alicyclic amines) is 1. The topological polar surface area (TPSA) is 166 Å². The minimum Gasteiger partial charge on any atom is -0.415 e. The second-order valence-electron chi connectivity index (χ2n) is 9.18. The third kappa shape index (κ3) is 8.05. The summed E-state index contributed by atoms with van der Waals surface area (Å²) >= 11 is 0. The van der Waals surface area contributed by atoms with Crippen LogP contribution >= 0.6 is 7.60 Å². The van der Waals surface area contributed by atoms with Crippen LogP contribution in [-0.4, -0.2) is 47.5 Å². The van der Waals surface area contributed by atoms with E-state index in [-0.39, 0.29) is 29.2 Å². The highest BCUT2D eigenvalue weighted by molar-refractivity contribution is 7.55. The maximum atomic E-state index is 14.4. The molecular weight excluding hydrogens is 509 g/mol. The van der Waals surface area contributed by atoms with Crippen LogP contribution in [0.3, 0.4) is 0 Å². The molecule has 2 atom stereocenters. The Labute approximate surface area is 222 Å². The summed E-state index contributed by atoms with van der Waals surface area (Å²) < 4.78 is 26.4. The first-order valence-electron chi connectivity index (χ1n) is 12.6. The molecule has 206 valence electrons. The fourth-order valence-electron chi connectivity index (χ4n) is 4.22. The van der Waals surface area contributed by atoms with E-state index in [0.717, 1.165) is 6.42 Å². The molecular formula is C26H36N5O6P. The van der Waals surface area contributed by atoms with E-state index < -0.39 is 19.4 Å². The molecule has 2 aromatic rings. The summed E-state index contributed by atoms with van der Waals surface area (Å²) in [4.78, 5) is 37.4. The van der Waals surface area contributed by atoms with E-state index in [2.05, 4.69) is 10.6 Å². The highest BCUT2D eigenvalue weighted by Gasteiger charge is 2.48. The van der Waals surface area contributed by atoms with E-state index in [1.807, 2.05) is 0 Å². The Morgan fingerprint density at radius 3 is 1.89 bits per heavy atom. The molecule has 1 fully saturated rings. The van der Waals surface area contributed by atoms with E-state index in [0.29, 0.717) is 50.1 Å². The molecule has 0 aliphatic carbocycles. The molecule has 2 aromatic carbocycles. The average Bonchev–Trinajstić information content (AvgIpc) is 3.36. The van der Waals surface area contributed by atoms with Crippen LogP contribution in [0.5, 0.6) is 11.5 Å². The van der Waals surface area contributed by atoms with Crippen molar-refractivity contribution in [2.45, 2.75) is 57.8 Å². The van der Waals surface area contributed by atoms with Gasteiger partial charge in [0.05, 0.1) is 6.04 Å². The van der Waals surface area contributed by atoms with E-state index in [9.17, 15) is 18.9 Å². The number of nitrogens with one attached hydrogen (secondary N) is 2. The third-order valence-electron chi connectivity index (χ3n) is 5.97. The van der Waals surface area contributed by atoms with Gasteiger partial charge in [0.25, 0.3) is 0 Å². The molecule has 2 unspecified atom stereocenters. The van der Waals surface area contributed by atoms with Gasteiger partial charge in [-0.05, 0) is 80.8 Å². The summed E-state index contributed by atoms with van der Waals surface area (Å²) in [5, 5.41) is 5.33. The fourth-order valence-corrected chi connectivity index (χ4v) is 6.40. The highest BCUT2D eigenvalue weighted by Crippen LogP contribution is 2.57. The van der Waals surface area contributed by atoms with Gasteiger partial charge in [0.2, 0.25) is 17.7 Å². The number of nitrogens with two attached hydrogens (primary N) is 2. The van der Waals surface area contributed by atoms with Gasteiger partial charge in [0.1, 0.15) is 11.5 Å². The van der Waals surface area contributed by atoms with Gasteiger partial charge < -0.3 is 36.0 Å². The van der Waals surface area contributed by atoms with Gasteiger partial charge in [-0.1, -0.05) is 6.42 Å². The van der Waals surface area contributed by atoms with Crippen LogP contribution in [0.4, 0.5) is 11.4 Å². The van der Waals surface area contributed by atoms with Crippen molar-refractivity contribution < 1.29 is 28.0 Å². The predicted molar refractivity (Wildman–Crippen MR) is 146 cm³/mol. The molecule has 3 amide bonds. The molecule has 6 N–H and O–H groups in total. The molecule has 38 heavy (non-hydrogen) atoms. The number of hydrogen-bond donors (Lipinski definition) is 4. The maximum Gasteiger partial charge on any atom is 0.453 e. The summed E-state index contributed by atoms with van der Waals surface area (Å²) in [7, 11) is -4.02. The summed E-state index contributed by atoms with van der Waals surface area (Å²) in [5.74, 6) is -1.09. The monoisotopic (exact) mass is 545 g/mol. The Hall–Kier alpha value is -3.40. The molecule has 0 radical (unpaired) electrons. The number of anilines is 2. The number of hydrogen-bond acceptors (Lipinski definition) is 8. The van der Waals surface area contributed by atoms with Crippen molar-refractivity contribution in [1.82, 2.24) is 4.90 Å². The Morgan fingerprint density at radius 2 is 1.45 bits per heavy atom. The number of unbranched alkanes of at least 4 members (excludes halogenated alkanes) is 1. The summed E-state index contributed by atoms with van der Waals surface area (Å²) in [6.45, 7) is 3.70. The van der Waals surface area contributed by atoms with Gasteiger partial charge in [0.15, 0.2) is 5.78 Å². The zero-order chi connectivity index (χ0) is 27.7. The standard InChI is InChI=1S/C26H36N5O6P/c1-18(32)29-20-8-12-22(13-9-20)36-38(35,37-23-14-10-21(11-15-23)30-19(2)33)25-7-5-17-31(25)26(34)24(28)6-3-4-16-27/h8-15,24-25H,3-7,16-17,27-28H2,1-2H3,(H,29,32)(H,30,33). The Kier molecular flexibility index (Phi) is 10.3. The van der Waals surface area contributed by atoms with E-state index >= 15 is 0 Å². The van der Waals surface area contributed by atoms with Crippen molar-refractivity contribution in [3.63, 3.8) is 0 Å². The van der Waals surface area contributed by atoms with Crippen LogP contribution < -0.4 is 31.1 Å². The molecule has 1 aliphatic heterocycles. The molecule has 1 saturated heterocycles. The van der Waals surface area contributed by atoms with Crippen LogP contribution in [0.1, 0.15) is 46.0 Å². The highest BCUT2D eigenvalue weighted by atomic mass is 31.2. The van der Waals surface area contributed by atoms with Crippen molar-refractivity contribution in [3.05, 3.63) is 48.5 Å².